The second-order valence-corrected chi connectivity index (χ2v) is 3.98. The molecule has 0 aliphatic rings. The minimum atomic E-state index is 1.20. The van der Waals surface area contributed by atoms with Gasteiger partial charge in [0.15, 0.2) is 0 Å². The van der Waals surface area contributed by atoms with Gasteiger partial charge in [-0.1, -0.05) is 26.7 Å². The fourth-order valence-electron chi connectivity index (χ4n) is 1.44. The molecule has 68 valence electrons. The van der Waals surface area contributed by atoms with Crippen LogP contribution in [0.5, 0.6) is 0 Å². The zero-order valence-corrected chi connectivity index (χ0v) is 8.91. The van der Waals surface area contributed by atoms with E-state index in [-0.39, 0.29) is 0 Å². The lowest BCUT2D eigenvalue weighted by atomic mass is 10.1. The van der Waals surface area contributed by atoms with Crippen LogP contribution in [0.15, 0.2) is 10.8 Å². The summed E-state index contributed by atoms with van der Waals surface area (Å²) in [6.45, 7) is 4.50. The average Bonchev–Trinajstić information content (AvgIpc) is 2.52. The van der Waals surface area contributed by atoms with Gasteiger partial charge in [-0.15, -0.1) is 0 Å². The standard InChI is InChI=1S/C11H18S/c1-3-5-6-7-11-9-12-8-10(11)4-2/h8-9H,3-7H2,1-2H3. The molecule has 0 N–H and O–H groups in total. The molecule has 0 fully saturated rings. The van der Waals surface area contributed by atoms with E-state index in [9.17, 15) is 0 Å². The summed E-state index contributed by atoms with van der Waals surface area (Å²) in [7, 11) is 0. The molecule has 0 aromatic carbocycles. The number of rotatable bonds is 5. The third kappa shape index (κ3) is 2.63. The van der Waals surface area contributed by atoms with Gasteiger partial charge < -0.3 is 0 Å². The molecular weight excluding hydrogens is 164 g/mol. The molecule has 0 aliphatic carbocycles. The minimum absolute atomic E-state index is 1.20. The van der Waals surface area contributed by atoms with Crippen molar-refractivity contribution in [2.45, 2.75) is 46.0 Å². The van der Waals surface area contributed by atoms with Crippen LogP contribution in [0.2, 0.25) is 0 Å². The SMILES string of the molecule is CCCCCc1cscc1CC. The molecule has 0 saturated carbocycles. The third-order valence-corrected chi connectivity index (χ3v) is 3.10. The zero-order chi connectivity index (χ0) is 8.81. The molecule has 1 aromatic heterocycles. The molecule has 1 aromatic rings. The Kier molecular flexibility index (Phi) is 4.37. The van der Waals surface area contributed by atoms with Crippen molar-refractivity contribution >= 4 is 11.3 Å². The first-order chi connectivity index (χ1) is 5.88. The molecule has 12 heavy (non-hydrogen) atoms. The van der Waals surface area contributed by atoms with Gasteiger partial charge in [0, 0.05) is 0 Å². The molecule has 0 saturated heterocycles. The first-order valence-corrected chi connectivity index (χ1v) is 5.86. The van der Waals surface area contributed by atoms with E-state index in [1.54, 1.807) is 11.1 Å². The van der Waals surface area contributed by atoms with Crippen LogP contribution in [0.4, 0.5) is 0 Å². The molecule has 1 heteroatoms. The van der Waals surface area contributed by atoms with Crippen molar-refractivity contribution in [2.75, 3.05) is 0 Å². The van der Waals surface area contributed by atoms with E-state index in [0.717, 1.165) is 0 Å². The molecule has 0 radical (unpaired) electrons. The molecule has 0 atom stereocenters. The van der Waals surface area contributed by atoms with Crippen molar-refractivity contribution < 1.29 is 0 Å². The van der Waals surface area contributed by atoms with Crippen molar-refractivity contribution in [1.29, 1.82) is 0 Å². The monoisotopic (exact) mass is 182 g/mol. The Morgan fingerprint density at radius 1 is 1.08 bits per heavy atom. The lowest BCUT2D eigenvalue weighted by molar-refractivity contribution is 0.715. The summed E-state index contributed by atoms with van der Waals surface area (Å²) in [5, 5.41) is 4.61. The molecule has 1 heterocycles. The number of hydrogen-bond acceptors (Lipinski definition) is 1. The summed E-state index contributed by atoms with van der Waals surface area (Å²) in [4.78, 5) is 0. The zero-order valence-electron chi connectivity index (χ0n) is 8.10. The molecular formula is C11H18S. The number of hydrogen-bond donors (Lipinski definition) is 0. The van der Waals surface area contributed by atoms with Gasteiger partial charge in [0.25, 0.3) is 0 Å². The van der Waals surface area contributed by atoms with E-state index in [4.69, 9.17) is 0 Å². The topological polar surface area (TPSA) is 0 Å². The Labute approximate surface area is 79.6 Å². The van der Waals surface area contributed by atoms with Gasteiger partial charge >= 0.3 is 0 Å². The molecule has 0 bridgehead atoms. The number of unbranched alkanes of at least 4 members (excludes halogenated alkanes) is 2. The largest absolute Gasteiger partial charge is 0.152 e. The van der Waals surface area contributed by atoms with E-state index in [1.807, 2.05) is 11.3 Å². The van der Waals surface area contributed by atoms with Gasteiger partial charge in [-0.3, -0.25) is 0 Å². The molecule has 0 spiro atoms. The normalized spacial score (nSPS) is 10.5. The van der Waals surface area contributed by atoms with Crippen molar-refractivity contribution in [3.05, 3.63) is 21.9 Å². The summed E-state index contributed by atoms with van der Waals surface area (Å²) >= 11 is 1.85. The Morgan fingerprint density at radius 3 is 2.50 bits per heavy atom. The first kappa shape index (κ1) is 9.79. The number of aryl methyl sites for hydroxylation is 2. The van der Waals surface area contributed by atoms with Crippen LogP contribution in [0.25, 0.3) is 0 Å². The maximum Gasteiger partial charge on any atom is -0.00584 e. The van der Waals surface area contributed by atoms with Crippen LogP contribution >= 0.6 is 11.3 Å². The third-order valence-electron chi connectivity index (χ3n) is 2.26. The second-order valence-electron chi connectivity index (χ2n) is 3.23. The van der Waals surface area contributed by atoms with Crippen LogP contribution < -0.4 is 0 Å². The van der Waals surface area contributed by atoms with Gasteiger partial charge in [-0.25, -0.2) is 0 Å². The van der Waals surface area contributed by atoms with Crippen LogP contribution in [-0.4, -0.2) is 0 Å². The Bertz CT molecular complexity index is 213. The van der Waals surface area contributed by atoms with Gasteiger partial charge in [0.05, 0.1) is 0 Å². The first-order valence-electron chi connectivity index (χ1n) is 4.92. The van der Waals surface area contributed by atoms with Gasteiger partial charge in [-0.05, 0) is 41.1 Å². The summed E-state index contributed by atoms with van der Waals surface area (Å²) in [6, 6.07) is 0. The fraction of sp³-hybridized carbons (Fsp3) is 0.636. The summed E-state index contributed by atoms with van der Waals surface area (Å²) in [5.41, 5.74) is 3.16. The highest BCUT2D eigenvalue weighted by atomic mass is 32.1. The number of thiophene rings is 1. The summed E-state index contributed by atoms with van der Waals surface area (Å²) in [5.74, 6) is 0. The van der Waals surface area contributed by atoms with Crippen LogP contribution in [0.1, 0.15) is 44.2 Å². The molecule has 0 amide bonds. The maximum absolute atomic E-state index is 2.31. The van der Waals surface area contributed by atoms with Gasteiger partial charge in [0.2, 0.25) is 0 Å². The lowest BCUT2D eigenvalue weighted by Gasteiger charge is -2.00. The van der Waals surface area contributed by atoms with Crippen LogP contribution in [-0.2, 0) is 12.8 Å². The Morgan fingerprint density at radius 2 is 1.83 bits per heavy atom. The second kappa shape index (κ2) is 5.36. The van der Waals surface area contributed by atoms with E-state index in [1.165, 1.54) is 32.1 Å². The van der Waals surface area contributed by atoms with Crippen LogP contribution in [0.3, 0.4) is 0 Å². The quantitative estimate of drug-likeness (QED) is 0.603. The lowest BCUT2D eigenvalue weighted by Crippen LogP contribution is -1.87. The van der Waals surface area contributed by atoms with Crippen molar-refractivity contribution in [2.24, 2.45) is 0 Å². The predicted molar refractivity (Wildman–Crippen MR) is 56.9 cm³/mol. The van der Waals surface area contributed by atoms with Gasteiger partial charge in [0.1, 0.15) is 0 Å². The molecule has 0 nitrogen and oxygen atoms in total. The minimum Gasteiger partial charge on any atom is -0.152 e. The van der Waals surface area contributed by atoms with Crippen LogP contribution in [0, 0.1) is 0 Å². The van der Waals surface area contributed by atoms with Crippen molar-refractivity contribution in [3.63, 3.8) is 0 Å². The highest BCUT2D eigenvalue weighted by molar-refractivity contribution is 7.08. The highest BCUT2D eigenvalue weighted by Gasteiger charge is 2.00. The smallest absolute Gasteiger partial charge is 0.00584 e. The van der Waals surface area contributed by atoms with Crippen molar-refractivity contribution in [3.8, 4) is 0 Å². The fourth-order valence-corrected chi connectivity index (χ4v) is 2.43. The van der Waals surface area contributed by atoms with E-state index in [0.29, 0.717) is 0 Å². The predicted octanol–water partition coefficient (Wildman–Crippen LogP) is 4.04. The Hall–Kier alpha value is -0.300. The maximum atomic E-state index is 2.31. The van der Waals surface area contributed by atoms with E-state index < -0.39 is 0 Å². The van der Waals surface area contributed by atoms with E-state index in [2.05, 4.69) is 24.6 Å². The summed E-state index contributed by atoms with van der Waals surface area (Å²) in [6.07, 6.45) is 6.55. The van der Waals surface area contributed by atoms with Gasteiger partial charge in [-0.2, -0.15) is 11.3 Å². The average molecular weight is 182 g/mol. The molecule has 0 aliphatic heterocycles. The van der Waals surface area contributed by atoms with Crippen molar-refractivity contribution in [1.82, 2.24) is 0 Å². The highest BCUT2D eigenvalue weighted by Crippen LogP contribution is 2.18. The molecule has 0 unspecified atom stereocenters. The summed E-state index contributed by atoms with van der Waals surface area (Å²) < 4.78 is 0. The Balaban J connectivity index is 2.39. The molecule has 1 rings (SSSR count). The van der Waals surface area contributed by atoms with E-state index >= 15 is 0 Å².